The van der Waals surface area contributed by atoms with Gasteiger partial charge in [-0.3, -0.25) is 0 Å². The average Bonchev–Trinajstić information content (AvgIpc) is 3.25. The van der Waals surface area contributed by atoms with Crippen molar-refractivity contribution in [1.29, 1.82) is 0 Å². The molecule has 1 fully saturated rings. The Hall–Kier alpha value is -4.19. The number of aliphatic hydroxyl groups excluding tert-OH is 2. The summed E-state index contributed by atoms with van der Waals surface area (Å²) in [6.07, 6.45) is 14.6. The predicted molar refractivity (Wildman–Crippen MR) is 237 cm³/mol. The van der Waals surface area contributed by atoms with Gasteiger partial charge in [-0.2, -0.15) is 0 Å². The highest BCUT2D eigenvalue weighted by Crippen LogP contribution is 2.39. The van der Waals surface area contributed by atoms with E-state index in [-0.39, 0.29) is 19.2 Å². The SMILES string of the molecule is C=C(C)C(=O)OCCCc1cc(-c2ccc(-c3ccc(-c4ccc(C5CCC(CCCCC)CC5)cc4)c(CC)c3)cc2CC)ccc1OCCC(C)(CO)CO. The maximum atomic E-state index is 12.0. The van der Waals surface area contributed by atoms with E-state index in [1.807, 2.05) is 13.0 Å². The molecule has 0 heterocycles. The van der Waals surface area contributed by atoms with Gasteiger partial charge in [0.15, 0.2) is 0 Å². The number of hydrogen-bond acceptors (Lipinski definition) is 5. The van der Waals surface area contributed by atoms with Crippen LogP contribution in [0.25, 0.3) is 33.4 Å². The van der Waals surface area contributed by atoms with E-state index in [9.17, 15) is 15.0 Å². The van der Waals surface area contributed by atoms with Crippen molar-refractivity contribution in [3.05, 3.63) is 113 Å². The van der Waals surface area contributed by atoms with E-state index in [0.29, 0.717) is 44.0 Å². The highest BCUT2D eigenvalue weighted by Gasteiger charge is 2.24. The summed E-state index contributed by atoms with van der Waals surface area (Å²) in [7, 11) is 0. The van der Waals surface area contributed by atoms with Crippen LogP contribution in [0.5, 0.6) is 5.75 Å². The van der Waals surface area contributed by atoms with Crippen molar-refractivity contribution in [2.75, 3.05) is 26.4 Å². The minimum Gasteiger partial charge on any atom is -0.493 e. The van der Waals surface area contributed by atoms with Crippen LogP contribution in [0.2, 0.25) is 0 Å². The number of carbonyl (C=O) groups is 1. The Morgan fingerprint density at radius 3 is 1.88 bits per heavy atom. The molecule has 0 aromatic heterocycles. The van der Waals surface area contributed by atoms with Gasteiger partial charge in [-0.05, 0) is 144 Å². The number of unbranched alkanes of at least 4 members (excludes halogenated alkanes) is 2. The second-order valence-electron chi connectivity index (χ2n) is 16.9. The molecular formula is C52H68O5. The molecule has 0 bridgehead atoms. The van der Waals surface area contributed by atoms with E-state index in [1.165, 1.54) is 95.9 Å². The summed E-state index contributed by atoms with van der Waals surface area (Å²) in [5.41, 5.74) is 12.3. The Labute approximate surface area is 343 Å². The largest absolute Gasteiger partial charge is 0.493 e. The first-order valence-electron chi connectivity index (χ1n) is 21.8. The summed E-state index contributed by atoms with van der Waals surface area (Å²) >= 11 is 0. The molecule has 1 saturated carbocycles. The first-order valence-corrected chi connectivity index (χ1v) is 21.8. The van der Waals surface area contributed by atoms with Gasteiger partial charge in [0.05, 0.1) is 26.4 Å². The van der Waals surface area contributed by atoms with Gasteiger partial charge in [0.1, 0.15) is 5.75 Å². The third kappa shape index (κ3) is 11.9. The number of aliphatic hydroxyl groups is 2. The third-order valence-electron chi connectivity index (χ3n) is 12.3. The molecule has 4 aromatic carbocycles. The molecule has 5 nitrogen and oxygen atoms in total. The Balaban J connectivity index is 1.32. The van der Waals surface area contributed by atoms with Crippen molar-refractivity contribution in [3.8, 4) is 39.1 Å². The molecule has 0 aliphatic heterocycles. The summed E-state index contributed by atoms with van der Waals surface area (Å²) < 4.78 is 11.6. The third-order valence-corrected chi connectivity index (χ3v) is 12.3. The Kier molecular flexibility index (Phi) is 16.6. The Morgan fingerprint density at radius 2 is 1.30 bits per heavy atom. The molecule has 2 N–H and O–H groups in total. The fourth-order valence-electron chi connectivity index (χ4n) is 8.35. The molecule has 0 atom stereocenters. The van der Waals surface area contributed by atoms with Gasteiger partial charge in [0.25, 0.3) is 0 Å². The molecule has 57 heavy (non-hydrogen) atoms. The van der Waals surface area contributed by atoms with Gasteiger partial charge in [-0.15, -0.1) is 0 Å². The summed E-state index contributed by atoms with van der Waals surface area (Å²) in [4.78, 5) is 12.0. The van der Waals surface area contributed by atoms with Crippen LogP contribution in [0.15, 0.2) is 91.0 Å². The van der Waals surface area contributed by atoms with Crippen LogP contribution >= 0.6 is 0 Å². The molecule has 5 rings (SSSR count). The van der Waals surface area contributed by atoms with Crippen molar-refractivity contribution < 1.29 is 24.5 Å². The normalized spacial score (nSPS) is 15.7. The zero-order valence-corrected chi connectivity index (χ0v) is 35.5. The van der Waals surface area contributed by atoms with Crippen LogP contribution < -0.4 is 4.74 Å². The van der Waals surface area contributed by atoms with E-state index in [4.69, 9.17) is 9.47 Å². The average molecular weight is 773 g/mol. The van der Waals surface area contributed by atoms with Gasteiger partial charge in [-0.25, -0.2) is 4.79 Å². The molecule has 0 amide bonds. The Morgan fingerprint density at radius 1 is 0.719 bits per heavy atom. The quantitative estimate of drug-likeness (QED) is 0.0501. The number of esters is 1. The van der Waals surface area contributed by atoms with Gasteiger partial charge < -0.3 is 19.7 Å². The molecule has 0 spiro atoms. The van der Waals surface area contributed by atoms with Crippen LogP contribution in [0.1, 0.15) is 127 Å². The zero-order chi connectivity index (χ0) is 40.8. The molecule has 1 aliphatic rings. The first kappa shape index (κ1) is 43.9. The maximum absolute atomic E-state index is 12.0. The highest BCUT2D eigenvalue weighted by molar-refractivity contribution is 5.86. The standard InChI is InChI=1S/C52H68O5/c1-7-10-11-13-38-15-17-41(18-16-38)42-19-21-43(22-20-42)48-26-23-44(32-39(48)8-2)45-24-27-49(40(9-3)33-45)46-25-28-50(56-31-29-52(6,35-53)36-54)47(34-46)14-12-30-57-51(55)37(4)5/h19-28,32-34,38,41,53-54H,4,7-18,29-31,35-36H2,1-3,5-6H3. The molecule has 5 heteroatoms. The molecule has 306 valence electrons. The van der Waals surface area contributed by atoms with E-state index in [0.717, 1.165) is 35.6 Å². The van der Waals surface area contributed by atoms with E-state index in [2.05, 4.69) is 100 Å². The van der Waals surface area contributed by atoms with Crippen molar-refractivity contribution in [1.82, 2.24) is 0 Å². The van der Waals surface area contributed by atoms with Crippen LogP contribution in [0, 0.1) is 11.3 Å². The van der Waals surface area contributed by atoms with Crippen LogP contribution in [0.4, 0.5) is 0 Å². The lowest BCUT2D eigenvalue weighted by molar-refractivity contribution is -0.139. The predicted octanol–water partition coefficient (Wildman–Crippen LogP) is 12.5. The monoisotopic (exact) mass is 773 g/mol. The first-order chi connectivity index (χ1) is 27.6. The van der Waals surface area contributed by atoms with Crippen LogP contribution in [0.3, 0.4) is 0 Å². The van der Waals surface area contributed by atoms with Gasteiger partial charge in [0.2, 0.25) is 0 Å². The van der Waals surface area contributed by atoms with E-state index >= 15 is 0 Å². The van der Waals surface area contributed by atoms with Crippen LogP contribution in [-0.4, -0.2) is 42.6 Å². The van der Waals surface area contributed by atoms with Gasteiger partial charge >= 0.3 is 5.97 Å². The Bertz CT molecular complexity index is 1890. The number of rotatable bonds is 21. The van der Waals surface area contributed by atoms with Gasteiger partial charge in [-0.1, -0.05) is 127 Å². The molecule has 0 saturated heterocycles. The second kappa shape index (κ2) is 21.5. The van der Waals surface area contributed by atoms with Crippen LogP contribution in [-0.2, 0) is 28.8 Å². The summed E-state index contributed by atoms with van der Waals surface area (Å²) in [6.45, 7) is 14.4. The summed E-state index contributed by atoms with van der Waals surface area (Å²) in [5.74, 6) is 2.02. The van der Waals surface area contributed by atoms with Crippen molar-refractivity contribution in [2.45, 2.75) is 124 Å². The number of benzene rings is 4. The highest BCUT2D eigenvalue weighted by atomic mass is 16.5. The van der Waals surface area contributed by atoms with E-state index < -0.39 is 5.41 Å². The lowest BCUT2D eigenvalue weighted by atomic mass is 9.77. The van der Waals surface area contributed by atoms with Crippen molar-refractivity contribution in [2.24, 2.45) is 11.3 Å². The molecule has 1 aliphatic carbocycles. The summed E-state index contributed by atoms with van der Waals surface area (Å²) in [5, 5.41) is 19.5. The zero-order valence-electron chi connectivity index (χ0n) is 35.5. The smallest absolute Gasteiger partial charge is 0.333 e. The van der Waals surface area contributed by atoms with Gasteiger partial charge in [0, 0.05) is 11.0 Å². The minimum atomic E-state index is -0.607. The lowest BCUT2D eigenvalue weighted by Gasteiger charge is -2.29. The number of aryl methyl sites for hydroxylation is 3. The topological polar surface area (TPSA) is 76.0 Å². The van der Waals surface area contributed by atoms with E-state index in [1.54, 1.807) is 6.92 Å². The maximum Gasteiger partial charge on any atom is 0.333 e. The lowest BCUT2D eigenvalue weighted by Crippen LogP contribution is -2.28. The number of ether oxygens (including phenoxy) is 2. The molecule has 0 unspecified atom stereocenters. The number of carbonyl (C=O) groups excluding carboxylic acids is 1. The minimum absolute atomic E-state index is 0.111. The fourth-order valence-corrected chi connectivity index (χ4v) is 8.35. The molecular weight excluding hydrogens is 705 g/mol. The fraction of sp³-hybridized carbons (Fsp3) is 0.481. The summed E-state index contributed by atoms with van der Waals surface area (Å²) in [6, 6.07) is 29.6. The molecule has 0 radical (unpaired) electrons. The number of hydrogen-bond donors (Lipinski definition) is 2. The second-order valence-corrected chi connectivity index (χ2v) is 16.9. The van der Waals surface area contributed by atoms with Crippen molar-refractivity contribution >= 4 is 5.97 Å². The molecule has 4 aromatic rings. The van der Waals surface area contributed by atoms with Crippen molar-refractivity contribution in [3.63, 3.8) is 0 Å².